The lowest BCUT2D eigenvalue weighted by atomic mass is 10.0. The third kappa shape index (κ3) is 1.81. The summed E-state index contributed by atoms with van der Waals surface area (Å²) in [5.41, 5.74) is 1.28. The van der Waals surface area contributed by atoms with E-state index in [-0.39, 0.29) is 6.10 Å². The van der Waals surface area contributed by atoms with Gasteiger partial charge in [-0.3, -0.25) is 4.90 Å². The highest BCUT2D eigenvalue weighted by Crippen LogP contribution is 2.26. The highest BCUT2D eigenvalue weighted by molar-refractivity contribution is 5.19. The molecule has 0 amide bonds. The van der Waals surface area contributed by atoms with E-state index >= 15 is 0 Å². The van der Waals surface area contributed by atoms with Gasteiger partial charge in [-0.25, -0.2) is 0 Å². The monoisotopic (exact) mass is 191 g/mol. The molecule has 1 heterocycles. The molecular formula is C12H17NO. The van der Waals surface area contributed by atoms with E-state index < -0.39 is 0 Å². The summed E-state index contributed by atoms with van der Waals surface area (Å²) in [5, 5.41) is 0. The van der Waals surface area contributed by atoms with Gasteiger partial charge in [-0.2, -0.15) is 0 Å². The van der Waals surface area contributed by atoms with Crippen molar-refractivity contribution in [3.05, 3.63) is 35.9 Å². The van der Waals surface area contributed by atoms with Gasteiger partial charge in [-0.1, -0.05) is 30.3 Å². The summed E-state index contributed by atoms with van der Waals surface area (Å²) >= 11 is 0. The number of ether oxygens (including phenoxy) is 1. The largest absolute Gasteiger partial charge is 0.371 e. The maximum absolute atomic E-state index is 5.80. The van der Waals surface area contributed by atoms with Crippen LogP contribution >= 0.6 is 0 Å². The number of benzene rings is 1. The molecule has 1 aromatic carbocycles. The SMILES string of the molecule is C[C@@H]1[C@H](c2ccccc2)OCCN1C. The third-order valence-electron chi connectivity index (χ3n) is 3.00. The molecule has 2 rings (SSSR count). The fraction of sp³-hybridized carbons (Fsp3) is 0.500. The molecule has 0 aliphatic carbocycles. The topological polar surface area (TPSA) is 12.5 Å². The summed E-state index contributed by atoms with van der Waals surface area (Å²) in [6.45, 7) is 4.09. The number of likely N-dealkylation sites (N-methyl/N-ethyl adjacent to an activating group) is 1. The van der Waals surface area contributed by atoms with E-state index in [0.29, 0.717) is 6.04 Å². The van der Waals surface area contributed by atoms with Gasteiger partial charge in [-0.05, 0) is 19.5 Å². The van der Waals surface area contributed by atoms with Gasteiger partial charge >= 0.3 is 0 Å². The van der Waals surface area contributed by atoms with E-state index in [1.54, 1.807) is 0 Å². The second-order valence-electron chi connectivity index (χ2n) is 3.92. The second kappa shape index (κ2) is 4.11. The lowest BCUT2D eigenvalue weighted by Gasteiger charge is -2.37. The molecule has 0 bridgehead atoms. The second-order valence-corrected chi connectivity index (χ2v) is 3.92. The molecule has 1 aromatic rings. The Balaban J connectivity index is 2.17. The highest BCUT2D eigenvalue weighted by atomic mass is 16.5. The van der Waals surface area contributed by atoms with Crippen LogP contribution in [0.25, 0.3) is 0 Å². The minimum atomic E-state index is 0.231. The van der Waals surface area contributed by atoms with E-state index in [2.05, 4.69) is 43.1 Å². The van der Waals surface area contributed by atoms with Crippen LogP contribution in [0.1, 0.15) is 18.6 Å². The van der Waals surface area contributed by atoms with E-state index in [1.807, 2.05) is 6.07 Å². The van der Waals surface area contributed by atoms with Crippen molar-refractivity contribution >= 4 is 0 Å². The van der Waals surface area contributed by atoms with Crippen molar-refractivity contribution in [1.82, 2.24) is 4.90 Å². The van der Waals surface area contributed by atoms with Crippen molar-refractivity contribution in [3.8, 4) is 0 Å². The molecule has 0 saturated carbocycles. The van der Waals surface area contributed by atoms with E-state index in [9.17, 15) is 0 Å². The fourth-order valence-corrected chi connectivity index (χ4v) is 1.92. The molecule has 76 valence electrons. The number of morpholine rings is 1. The molecule has 0 spiro atoms. The minimum Gasteiger partial charge on any atom is -0.371 e. The molecule has 2 nitrogen and oxygen atoms in total. The van der Waals surface area contributed by atoms with Crippen LogP contribution in [0.5, 0.6) is 0 Å². The van der Waals surface area contributed by atoms with Gasteiger partial charge < -0.3 is 4.74 Å². The van der Waals surface area contributed by atoms with Gasteiger partial charge in [0.05, 0.1) is 12.7 Å². The van der Waals surface area contributed by atoms with E-state index in [0.717, 1.165) is 13.2 Å². The third-order valence-corrected chi connectivity index (χ3v) is 3.00. The Morgan fingerprint density at radius 3 is 2.71 bits per heavy atom. The van der Waals surface area contributed by atoms with Crippen LogP contribution in [0.3, 0.4) is 0 Å². The molecule has 0 aromatic heterocycles. The predicted octanol–water partition coefficient (Wildman–Crippen LogP) is 2.08. The summed E-state index contributed by atoms with van der Waals surface area (Å²) < 4.78 is 5.80. The summed E-state index contributed by atoms with van der Waals surface area (Å²) in [7, 11) is 2.16. The Hall–Kier alpha value is -0.860. The Morgan fingerprint density at radius 2 is 2.00 bits per heavy atom. The fourth-order valence-electron chi connectivity index (χ4n) is 1.92. The van der Waals surface area contributed by atoms with Crippen molar-refractivity contribution in [2.45, 2.75) is 19.1 Å². The molecule has 1 fully saturated rings. The molecular weight excluding hydrogens is 174 g/mol. The van der Waals surface area contributed by atoms with Crippen LogP contribution in [-0.4, -0.2) is 31.1 Å². The van der Waals surface area contributed by atoms with Crippen LogP contribution < -0.4 is 0 Å². The summed E-state index contributed by atoms with van der Waals surface area (Å²) in [5.74, 6) is 0. The van der Waals surface area contributed by atoms with Crippen LogP contribution in [-0.2, 0) is 4.74 Å². The van der Waals surface area contributed by atoms with Crippen LogP contribution in [0.4, 0.5) is 0 Å². The lowest BCUT2D eigenvalue weighted by Crippen LogP contribution is -2.42. The quantitative estimate of drug-likeness (QED) is 0.674. The summed E-state index contributed by atoms with van der Waals surface area (Å²) in [4.78, 5) is 2.35. The highest BCUT2D eigenvalue weighted by Gasteiger charge is 2.27. The Morgan fingerprint density at radius 1 is 1.29 bits per heavy atom. The number of hydrogen-bond acceptors (Lipinski definition) is 2. The van der Waals surface area contributed by atoms with Crippen molar-refractivity contribution in [2.24, 2.45) is 0 Å². The van der Waals surface area contributed by atoms with Crippen molar-refractivity contribution in [2.75, 3.05) is 20.2 Å². The number of hydrogen-bond donors (Lipinski definition) is 0. The zero-order chi connectivity index (χ0) is 9.97. The number of rotatable bonds is 1. The first-order valence-corrected chi connectivity index (χ1v) is 5.16. The van der Waals surface area contributed by atoms with Crippen molar-refractivity contribution in [3.63, 3.8) is 0 Å². The Kier molecular flexibility index (Phi) is 2.85. The Bertz CT molecular complexity index is 286. The minimum absolute atomic E-state index is 0.231. The molecule has 2 heteroatoms. The van der Waals surface area contributed by atoms with E-state index in [4.69, 9.17) is 4.74 Å². The van der Waals surface area contributed by atoms with Gasteiger partial charge in [0.15, 0.2) is 0 Å². The lowest BCUT2D eigenvalue weighted by molar-refractivity contribution is -0.0571. The molecule has 1 aliphatic rings. The first-order valence-electron chi connectivity index (χ1n) is 5.16. The molecule has 0 unspecified atom stereocenters. The average Bonchev–Trinajstić information content (AvgIpc) is 2.23. The maximum atomic E-state index is 5.80. The molecule has 2 atom stereocenters. The van der Waals surface area contributed by atoms with E-state index in [1.165, 1.54) is 5.56 Å². The smallest absolute Gasteiger partial charge is 0.0977 e. The van der Waals surface area contributed by atoms with Crippen molar-refractivity contribution < 1.29 is 4.74 Å². The first kappa shape index (κ1) is 9.69. The molecule has 0 N–H and O–H groups in total. The zero-order valence-electron chi connectivity index (χ0n) is 8.81. The zero-order valence-corrected chi connectivity index (χ0v) is 8.81. The molecule has 1 saturated heterocycles. The molecule has 1 aliphatic heterocycles. The molecule has 14 heavy (non-hydrogen) atoms. The van der Waals surface area contributed by atoms with Crippen LogP contribution in [0.2, 0.25) is 0 Å². The normalized spacial score (nSPS) is 29.0. The van der Waals surface area contributed by atoms with Crippen LogP contribution in [0, 0.1) is 0 Å². The predicted molar refractivity (Wildman–Crippen MR) is 57.2 cm³/mol. The first-order chi connectivity index (χ1) is 6.79. The molecule has 0 radical (unpaired) electrons. The van der Waals surface area contributed by atoms with Gasteiger partial charge in [0.2, 0.25) is 0 Å². The summed E-state index contributed by atoms with van der Waals surface area (Å²) in [6.07, 6.45) is 0.231. The van der Waals surface area contributed by atoms with Gasteiger partial charge in [0.25, 0.3) is 0 Å². The van der Waals surface area contributed by atoms with Gasteiger partial charge in [0.1, 0.15) is 0 Å². The number of nitrogens with zero attached hydrogens (tertiary/aromatic N) is 1. The van der Waals surface area contributed by atoms with Crippen molar-refractivity contribution in [1.29, 1.82) is 0 Å². The standard InChI is InChI=1S/C12H17NO/c1-10-12(14-9-8-13(10)2)11-6-4-3-5-7-11/h3-7,10,12H,8-9H2,1-2H3/t10-,12-/m1/s1. The van der Waals surface area contributed by atoms with Crippen LogP contribution in [0.15, 0.2) is 30.3 Å². The van der Waals surface area contributed by atoms with Gasteiger partial charge in [0, 0.05) is 12.6 Å². The van der Waals surface area contributed by atoms with Gasteiger partial charge in [-0.15, -0.1) is 0 Å². The maximum Gasteiger partial charge on any atom is 0.0977 e. The summed E-state index contributed by atoms with van der Waals surface area (Å²) in [6, 6.07) is 10.9. The Labute approximate surface area is 85.5 Å². The average molecular weight is 191 g/mol.